The number of nitrogens with zero attached hydrogens (tertiary/aromatic N) is 2. The molecule has 0 spiro atoms. The zero-order valence-corrected chi connectivity index (χ0v) is 7.90. The van der Waals surface area contributed by atoms with E-state index in [2.05, 4.69) is 5.10 Å². The van der Waals surface area contributed by atoms with Crippen LogP contribution in [0.25, 0.3) is 0 Å². The first-order chi connectivity index (χ1) is 6.83. The predicted octanol–water partition coefficient (Wildman–Crippen LogP) is 2.15. The van der Waals surface area contributed by atoms with Crippen molar-refractivity contribution in [3.05, 3.63) is 18.0 Å². The number of hydrogen-bond acceptors (Lipinski definition) is 2. The molecule has 1 aromatic rings. The second-order valence-electron chi connectivity index (χ2n) is 3.69. The van der Waals surface area contributed by atoms with E-state index in [1.54, 1.807) is 12.3 Å². The minimum Gasteiger partial charge on any atom is -0.296 e. The Kier molecular flexibility index (Phi) is 2.61. The molecule has 2 rings (SSSR count). The molecule has 1 saturated carbocycles. The molecule has 14 heavy (non-hydrogen) atoms. The minimum atomic E-state index is -0.859. The van der Waals surface area contributed by atoms with E-state index in [4.69, 9.17) is 0 Å². The standard InChI is InChI=1S/C10H13FN2O/c11-9-3-1-2-4-10(9)13-8(7-14)5-6-12-13/h5-7,9-10H,1-4H2. The van der Waals surface area contributed by atoms with Gasteiger partial charge in [-0.2, -0.15) is 5.10 Å². The number of alkyl halides is 1. The first-order valence-electron chi connectivity index (χ1n) is 4.95. The van der Waals surface area contributed by atoms with Crippen molar-refractivity contribution in [2.75, 3.05) is 0 Å². The van der Waals surface area contributed by atoms with Crippen LogP contribution in [0, 0.1) is 0 Å². The lowest BCUT2D eigenvalue weighted by Crippen LogP contribution is -2.26. The van der Waals surface area contributed by atoms with Gasteiger partial charge in [-0.15, -0.1) is 0 Å². The molecular formula is C10H13FN2O. The third-order valence-corrected chi connectivity index (χ3v) is 2.78. The second kappa shape index (κ2) is 3.90. The van der Waals surface area contributed by atoms with Crippen molar-refractivity contribution in [3.8, 4) is 0 Å². The van der Waals surface area contributed by atoms with Crippen LogP contribution in [-0.4, -0.2) is 22.2 Å². The molecule has 0 bridgehead atoms. The summed E-state index contributed by atoms with van der Waals surface area (Å²) in [6.07, 6.45) is 4.74. The molecule has 0 amide bonds. The fourth-order valence-corrected chi connectivity index (χ4v) is 2.04. The molecule has 0 N–H and O–H groups in total. The number of carbonyl (C=O) groups is 1. The molecule has 0 saturated heterocycles. The summed E-state index contributed by atoms with van der Waals surface area (Å²) >= 11 is 0. The lowest BCUT2D eigenvalue weighted by atomic mass is 9.93. The topological polar surface area (TPSA) is 34.9 Å². The van der Waals surface area contributed by atoms with Gasteiger partial charge < -0.3 is 0 Å². The van der Waals surface area contributed by atoms with E-state index in [0.29, 0.717) is 12.1 Å². The maximum absolute atomic E-state index is 13.6. The van der Waals surface area contributed by atoms with Gasteiger partial charge in [0.25, 0.3) is 0 Å². The summed E-state index contributed by atoms with van der Waals surface area (Å²) in [5.41, 5.74) is 0.472. The van der Waals surface area contributed by atoms with Gasteiger partial charge in [-0.05, 0) is 18.9 Å². The Balaban J connectivity index is 2.24. The number of halogens is 1. The van der Waals surface area contributed by atoms with Crippen molar-refractivity contribution in [2.24, 2.45) is 0 Å². The third kappa shape index (κ3) is 1.56. The van der Waals surface area contributed by atoms with Crippen molar-refractivity contribution < 1.29 is 9.18 Å². The largest absolute Gasteiger partial charge is 0.296 e. The fraction of sp³-hybridized carbons (Fsp3) is 0.600. The van der Waals surface area contributed by atoms with Gasteiger partial charge in [0, 0.05) is 6.20 Å². The van der Waals surface area contributed by atoms with Crippen molar-refractivity contribution >= 4 is 6.29 Å². The van der Waals surface area contributed by atoms with E-state index < -0.39 is 6.17 Å². The first-order valence-corrected chi connectivity index (χ1v) is 4.95. The molecule has 1 aliphatic rings. The van der Waals surface area contributed by atoms with Gasteiger partial charge in [0.05, 0.1) is 6.04 Å². The highest BCUT2D eigenvalue weighted by Gasteiger charge is 2.27. The molecule has 0 aromatic carbocycles. The van der Waals surface area contributed by atoms with Crippen LogP contribution in [0.15, 0.2) is 12.3 Å². The van der Waals surface area contributed by atoms with Gasteiger partial charge in [0.1, 0.15) is 11.9 Å². The van der Waals surface area contributed by atoms with E-state index >= 15 is 0 Å². The zero-order valence-electron chi connectivity index (χ0n) is 7.90. The average molecular weight is 196 g/mol. The molecule has 0 aliphatic heterocycles. The Morgan fingerprint density at radius 3 is 3.00 bits per heavy atom. The van der Waals surface area contributed by atoms with Gasteiger partial charge in [0.15, 0.2) is 6.29 Å². The predicted molar refractivity (Wildman–Crippen MR) is 50.0 cm³/mol. The van der Waals surface area contributed by atoms with E-state index in [-0.39, 0.29) is 6.04 Å². The SMILES string of the molecule is O=Cc1ccnn1C1CCCCC1F. The van der Waals surface area contributed by atoms with Crippen LogP contribution in [0.5, 0.6) is 0 Å². The smallest absolute Gasteiger partial charge is 0.168 e. The Morgan fingerprint density at radius 1 is 1.50 bits per heavy atom. The quantitative estimate of drug-likeness (QED) is 0.679. The van der Waals surface area contributed by atoms with Gasteiger partial charge in [-0.25, -0.2) is 4.39 Å². The van der Waals surface area contributed by atoms with Gasteiger partial charge in [0.2, 0.25) is 0 Å². The summed E-state index contributed by atoms with van der Waals surface area (Å²) in [5.74, 6) is 0. The average Bonchev–Trinajstić information content (AvgIpc) is 2.66. The Labute approximate surface area is 81.9 Å². The normalized spacial score (nSPS) is 27.5. The Bertz CT molecular complexity index is 324. The Hall–Kier alpha value is -1.19. The van der Waals surface area contributed by atoms with E-state index in [0.717, 1.165) is 25.5 Å². The molecule has 4 heteroatoms. The summed E-state index contributed by atoms with van der Waals surface area (Å²) in [6, 6.07) is 1.38. The van der Waals surface area contributed by atoms with E-state index in [1.807, 2.05) is 0 Å². The molecule has 2 unspecified atom stereocenters. The minimum absolute atomic E-state index is 0.237. The maximum atomic E-state index is 13.6. The highest BCUT2D eigenvalue weighted by Crippen LogP contribution is 2.30. The van der Waals surface area contributed by atoms with Crippen molar-refractivity contribution in [1.82, 2.24) is 9.78 Å². The summed E-state index contributed by atoms with van der Waals surface area (Å²) in [5, 5.41) is 4.01. The lowest BCUT2D eigenvalue weighted by Gasteiger charge is -2.26. The van der Waals surface area contributed by atoms with Crippen molar-refractivity contribution in [3.63, 3.8) is 0 Å². The molecule has 3 nitrogen and oxygen atoms in total. The number of hydrogen-bond donors (Lipinski definition) is 0. The molecule has 2 atom stereocenters. The van der Waals surface area contributed by atoms with Crippen LogP contribution in [0.3, 0.4) is 0 Å². The summed E-state index contributed by atoms with van der Waals surface area (Å²) < 4.78 is 15.1. The third-order valence-electron chi connectivity index (χ3n) is 2.78. The molecule has 1 aliphatic carbocycles. The number of rotatable bonds is 2. The van der Waals surface area contributed by atoms with Crippen LogP contribution < -0.4 is 0 Å². The highest BCUT2D eigenvalue weighted by molar-refractivity contribution is 5.71. The molecule has 1 fully saturated rings. The zero-order chi connectivity index (χ0) is 9.97. The van der Waals surface area contributed by atoms with E-state index in [1.165, 1.54) is 4.68 Å². The van der Waals surface area contributed by atoms with Crippen LogP contribution in [0.4, 0.5) is 4.39 Å². The van der Waals surface area contributed by atoms with E-state index in [9.17, 15) is 9.18 Å². The summed E-state index contributed by atoms with van der Waals surface area (Å²) in [7, 11) is 0. The first kappa shape index (κ1) is 9.37. The molecular weight excluding hydrogens is 183 g/mol. The number of carbonyl (C=O) groups excluding carboxylic acids is 1. The number of aldehydes is 1. The van der Waals surface area contributed by atoms with Crippen molar-refractivity contribution in [2.45, 2.75) is 37.9 Å². The monoisotopic (exact) mass is 196 g/mol. The van der Waals surface area contributed by atoms with Crippen LogP contribution >= 0.6 is 0 Å². The molecule has 1 aromatic heterocycles. The Morgan fingerprint density at radius 2 is 2.29 bits per heavy atom. The van der Waals surface area contributed by atoms with Crippen LogP contribution in [-0.2, 0) is 0 Å². The molecule has 0 radical (unpaired) electrons. The summed E-state index contributed by atoms with van der Waals surface area (Å²) in [6.45, 7) is 0. The molecule has 76 valence electrons. The van der Waals surface area contributed by atoms with Crippen LogP contribution in [0.2, 0.25) is 0 Å². The lowest BCUT2D eigenvalue weighted by molar-refractivity contribution is 0.109. The maximum Gasteiger partial charge on any atom is 0.168 e. The fourth-order valence-electron chi connectivity index (χ4n) is 2.04. The summed E-state index contributed by atoms with van der Waals surface area (Å²) in [4.78, 5) is 10.7. The van der Waals surface area contributed by atoms with Gasteiger partial charge >= 0.3 is 0 Å². The van der Waals surface area contributed by atoms with Crippen molar-refractivity contribution in [1.29, 1.82) is 0 Å². The second-order valence-corrected chi connectivity index (χ2v) is 3.69. The molecule has 1 heterocycles. The van der Waals surface area contributed by atoms with Crippen LogP contribution in [0.1, 0.15) is 42.2 Å². The van der Waals surface area contributed by atoms with Gasteiger partial charge in [-0.1, -0.05) is 12.8 Å². The highest BCUT2D eigenvalue weighted by atomic mass is 19.1. The van der Waals surface area contributed by atoms with Gasteiger partial charge in [-0.3, -0.25) is 9.48 Å². The number of aromatic nitrogens is 2.